The van der Waals surface area contributed by atoms with E-state index in [1.54, 1.807) is 12.1 Å². The maximum Gasteiger partial charge on any atom is 0.282 e. The number of hydrogen-bond acceptors (Lipinski definition) is 3. The highest BCUT2D eigenvalue weighted by Gasteiger charge is 2.57. The van der Waals surface area contributed by atoms with E-state index in [9.17, 15) is 8.42 Å². The number of aryl methyl sites for hydroxylation is 1. The van der Waals surface area contributed by atoms with Crippen LogP contribution in [0.5, 0.6) is 0 Å². The standard InChI is InChI=1S/C30H37NO3S/c1-6-34-22-15-17-29(3)21(19-22)9-12-24-25-13-14-27(30(25,4)18-16-26(24)29)28(31-5)35(32,33)23-10-7-20(2)8-11-23/h7-11,19,24-26H,6,12-18H2,1-4H3/t24-,25-,26-,29-,30-/m0/s1. The van der Waals surface area contributed by atoms with Gasteiger partial charge in [-0.15, -0.1) is 0 Å². The fourth-order valence-corrected chi connectivity index (χ4v) is 9.38. The van der Waals surface area contributed by atoms with Crippen LogP contribution in [0.2, 0.25) is 0 Å². The monoisotopic (exact) mass is 491 g/mol. The molecule has 0 spiro atoms. The molecule has 186 valence electrons. The van der Waals surface area contributed by atoms with Gasteiger partial charge in [0.1, 0.15) is 0 Å². The van der Waals surface area contributed by atoms with Crippen LogP contribution in [0.1, 0.15) is 71.3 Å². The lowest BCUT2D eigenvalue weighted by atomic mass is 9.48. The molecule has 0 N–H and O–H groups in total. The first-order chi connectivity index (χ1) is 16.6. The SMILES string of the molecule is [C-]#[N+]C(=C1CC[C@H]2[C@@H]3CC=C4C=C(OCC)CC[C@]4(C)[C@H]3CC[C@]12C)S(=O)(=O)c1ccc(C)cc1. The van der Waals surface area contributed by atoms with Gasteiger partial charge in [-0.2, -0.15) is 0 Å². The van der Waals surface area contributed by atoms with Crippen molar-refractivity contribution < 1.29 is 13.2 Å². The Balaban J connectivity index is 1.51. The zero-order valence-corrected chi connectivity index (χ0v) is 22.2. The third-order valence-corrected chi connectivity index (χ3v) is 11.5. The van der Waals surface area contributed by atoms with E-state index in [1.165, 1.54) is 5.57 Å². The van der Waals surface area contributed by atoms with Gasteiger partial charge in [-0.3, -0.25) is 0 Å². The summed E-state index contributed by atoms with van der Waals surface area (Å²) in [6, 6.07) is 6.91. The van der Waals surface area contributed by atoms with E-state index in [1.807, 2.05) is 26.0 Å². The predicted molar refractivity (Wildman–Crippen MR) is 139 cm³/mol. The Morgan fingerprint density at radius 1 is 1.09 bits per heavy atom. The Morgan fingerprint density at radius 2 is 1.80 bits per heavy atom. The Kier molecular flexibility index (Phi) is 6.03. The molecule has 4 aliphatic carbocycles. The number of allylic oxidation sites excluding steroid dienone is 5. The number of ether oxygens (including phenoxy) is 1. The minimum Gasteiger partial charge on any atom is -0.498 e. The first-order valence-electron chi connectivity index (χ1n) is 13.1. The van der Waals surface area contributed by atoms with Crippen molar-refractivity contribution in [1.82, 2.24) is 0 Å². The average Bonchev–Trinajstić information content (AvgIpc) is 3.17. The highest BCUT2D eigenvalue weighted by molar-refractivity contribution is 7.95. The smallest absolute Gasteiger partial charge is 0.282 e. The highest BCUT2D eigenvalue weighted by atomic mass is 32.2. The number of sulfone groups is 1. The summed E-state index contributed by atoms with van der Waals surface area (Å²) in [5.41, 5.74) is 3.28. The minimum absolute atomic E-state index is 0.00925. The lowest BCUT2D eigenvalue weighted by Gasteiger charge is -2.56. The molecule has 0 unspecified atom stereocenters. The second kappa shape index (κ2) is 8.66. The summed E-state index contributed by atoms with van der Waals surface area (Å²) in [6.07, 6.45) is 11.6. The number of nitrogens with zero attached hydrogens (tertiary/aromatic N) is 1. The molecule has 4 aliphatic rings. The van der Waals surface area contributed by atoms with Crippen LogP contribution in [-0.2, 0) is 14.6 Å². The summed E-state index contributed by atoms with van der Waals surface area (Å²) in [5, 5.41) is -0.00925. The zero-order chi connectivity index (χ0) is 25.0. The molecule has 0 aromatic heterocycles. The molecular weight excluding hydrogens is 454 g/mol. The first-order valence-corrected chi connectivity index (χ1v) is 14.6. The van der Waals surface area contributed by atoms with Crippen molar-refractivity contribution in [2.24, 2.45) is 28.6 Å². The van der Waals surface area contributed by atoms with Gasteiger partial charge >= 0.3 is 0 Å². The van der Waals surface area contributed by atoms with Gasteiger partial charge in [0.05, 0.1) is 23.8 Å². The fourth-order valence-electron chi connectivity index (χ4n) is 7.88. The van der Waals surface area contributed by atoms with Crippen molar-refractivity contribution in [3.05, 3.63) is 75.3 Å². The van der Waals surface area contributed by atoms with Crippen molar-refractivity contribution >= 4 is 9.84 Å². The Labute approximate surface area is 210 Å². The Hall–Kier alpha value is -2.32. The molecule has 0 amide bonds. The summed E-state index contributed by atoms with van der Waals surface area (Å²) < 4.78 is 33.0. The fraction of sp³-hybridized carbons (Fsp3) is 0.567. The van der Waals surface area contributed by atoms with Crippen molar-refractivity contribution in [3.8, 4) is 0 Å². The molecule has 0 saturated heterocycles. The van der Waals surface area contributed by atoms with E-state index < -0.39 is 9.84 Å². The molecule has 2 fully saturated rings. The molecule has 35 heavy (non-hydrogen) atoms. The maximum absolute atomic E-state index is 13.6. The quantitative estimate of drug-likeness (QED) is 0.413. The molecule has 4 nitrogen and oxygen atoms in total. The molecule has 0 bridgehead atoms. The van der Waals surface area contributed by atoms with Crippen LogP contribution < -0.4 is 0 Å². The van der Waals surface area contributed by atoms with E-state index >= 15 is 0 Å². The van der Waals surface area contributed by atoms with E-state index in [2.05, 4.69) is 30.8 Å². The van der Waals surface area contributed by atoms with Gasteiger partial charge in [-0.1, -0.05) is 37.6 Å². The van der Waals surface area contributed by atoms with Gasteiger partial charge in [0.25, 0.3) is 5.03 Å². The molecule has 1 aromatic rings. The second-order valence-electron chi connectivity index (χ2n) is 11.4. The number of fused-ring (bicyclic) bond motifs is 5. The Morgan fingerprint density at radius 3 is 2.49 bits per heavy atom. The van der Waals surface area contributed by atoms with Crippen LogP contribution in [0.4, 0.5) is 0 Å². The third kappa shape index (κ3) is 3.71. The number of benzene rings is 1. The summed E-state index contributed by atoms with van der Waals surface area (Å²) in [7, 11) is -3.82. The maximum atomic E-state index is 13.6. The van der Waals surface area contributed by atoms with Crippen molar-refractivity contribution in [3.63, 3.8) is 0 Å². The van der Waals surface area contributed by atoms with Crippen molar-refractivity contribution in [2.75, 3.05) is 6.61 Å². The summed E-state index contributed by atoms with van der Waals surface area (Å²) >= 11 is 0. The zero-order valence-electron chi connectivity index (χ0n) is 21.4. The largest absolute Gasteiger partial charge is 0.498 e. The normalized spacial score (nSPS) is 35.6. The number of hydrogen-bond donors (Lipinski definition) is 0. The predicted octanol–water partition coefficient (Wildman–Crippen LogP) is 7.39. The van der Waals surface area contributed by atoms with Gasteiger partial charge < -0.3 is 4.74 Å². The van der Waals surface area contributed by atoms with Crippen molar-refractivity contribution in [2.45, 2.75) is 77.5 Å². The van der Waals surface area contributed by atoms with Gasteiger partial charge in [-0.05, 0) is 110 Å². The van der Waals surface area contributed by atoms with Gasteiger partial charge in [-0.25, -0.2) is 13.3 Å². The molecule has 5 atom stereocenters. The van der Waals surface area contributed by atoms with Crippen LogP contribution in [0.15, 0.2) is 63.2 Å². The Bertz CT molecular complexity index is 1260. The van der Waals surface area contributed by atoms with Crippen LogP contribution in [0.3, 0.4) is 0 Å². The van der Waals surface area contributed by atoms with Crippen molar-refractivity contribution in [1.29, 1.82) is 0 Å². The molecular formula is C30H37NO3S. The molecule has 5 heteroatoms. The lowest BCUT2D eigenvalue weighted by Crippen LogP contribution is -2.48. The topological polar surface area (TPSA) is 47.7 Å². The summed E-state index contributed by atoms with van der Waals surface area (Å²) in [6.45, 7) is 17.3. The summed E-state index contributed by atoms with van der Waals surface area (Å²) in [5.74, 6) is 2.68. The molecule has 0 heterocycles. The van der Waals surface area contributed by atoms with Gasteiger partial charge in [0.2, 0.25) is 9.84 Å². The second-order valence-corrected chi connectivity index (χ2v) is 13.3. The molecule has 2 saturated carbocycles. The van der Waals surface area contributed by atoms with Crippen LogP contribution in [0, 0.1) is 42.1 Å². The molecule has 0 aliphatic heterocycles. The van der Waals surface area contributed by atoms with Crippen LogP contribution in [0.25, 0.3) is 4.85 Å². The lowest BCUT2D eigenvalue weighted by molar-refractivity contribution is -0.00885. The van der Waals surface area contributed by atoms with Gasteiger partial charge in [0.15, 0.2) is 0 Å². The molecule has 1 aromatic carbocycles. The summed E-state index contributed by atoms with van der Waals surface area (Å²) in [4.78, 5) is 3.93. The molecule has 5 rings (SSSR count). The first kappa shape index (κ1) is 24.4. The van der Waals surface area contributed by atoms with E-state index in [4.69, 9.17) is 11.3 Å². The van der Waals surface area contributed by atoms with E-state index in [0.29, 0.717) is 24.4 Å². The van der Waals surface area contributed by atoms with Gasteiger partial charge in [0, 0.05) is 6.42 Å². The molecule has 0 radical (unpaired) electrons. The van der Waals surface area contributed by atoms with E-state index in [-0.39, 0.29) is 20.8 Å². The minimum atomic E-state index is -3.82. The van der Waals surface area contributed by atoms with Crippen LogP contribution in [-0.4, -0.2) is 15.0 Å². The highest BCUT2D eigenvalue weighted by Crippen LogP contribution is 2.66. The van der Waals surface area contributed by atoms with E-state index in [0.717, 1.165) is 61.8 Å². The average molecular weight is 492 g/mol. The number of rotatable bonds is 4. The third-order valence-electron chi connectivity index (χ3n) is 9.79. The van der Waals surface area contributed by atoms with Crippen LogP contribution >= 0.6 is 0 Å².